The third kappa shape index (κ3) is 3.05. The molecule has 4 aliphatic rings. The van der Waals surface area contributed by atoms with E-state index in [9.17, 15) is 5.11 Å². The molecule has 4 atom stereocenters. The number of hydrogen-bond acceptors (Lipinski definition) is 4. The normalized spacial score (nSPS) is 30.4. The number of ether oxygens (including phenoxy) is 1. The van der Waals surface area contributed by atoms with Crippen LogP contribution in [0.3, 0.4) is 0 Å². The Balaban J connectivity index is 1.45. The molecule has 1 saturated carbocycles. The highest BCUT2D eigenvalue weighted by atomic mass is 16.5. The minimum atomic E-state index is -0.490. The summed E-state index contributed by atoms with van der Waals surface area (Å²) in [7, 11) is 0. The first-order valence-corrected chi connectivity index (χ1v) is 10.4. The van der Waals surface area contributed by atoms with Gasteiger partial charge in [-0.3, -0.25) is 9.88 Å². The number of fused-ring (bicyclic) bond motifs is 4. The van der Waals surface area contributed by atoms with Crippen molar-refractivity contribution in [2.75, 3.05) is 13.1 Å². The predicted octanol–water partition coefficient (Wildman–Crippen LogP) is 4.24. The summed E-state index contributed by atoms with van der Waals surface area (Å²) in [5, 5.41) is 12.3. The number of aromatic nitrogens is 1. The number of piperidine rings is 3. The molecule has 0 spiro atoms. The van der Waals surface area contributed by atoms with E-state index < -0.39 is 6.10 Å². The van der Waals surface area contributed by atoms with Crippen molar-refractivity contribution in [3.8, 4) is 5.75 Å². The van der Waals surface area contributed by atoms with Crippen molar-refractivity contribution in [2.45, 2.75) is 57.3 Å². The molecule has 142 valence electrons. The van der Waals surface area contributed by atoms with E-state index in [2.05, 4.69) is 29.0 Å². The lowest BCUT2D eigenvalue weighted by Crippen LogP contribution is -2.52. The highest BCUT2D eigenvalue weighted by molar-refractivity contribution is 5.84. The standard InChI is InChI=1S/C23H28N2O2/c1-2-15-14-25-11-9-16(15)12-22(25)23(26)19-8-10-24-21-7-6-18(13-20(19)21)27-17-4-3-5-17/h2,6-8,10,13,16-17,22-23,26H,3-5,9,11-12,14H2,1H3/t16-,22-,23+/m0/s1. The lowest BCUT2D eigenvalue weighted by molar-refractivity contribution is -0.00340. The summed E-state index contributed by atoms with van der Waals surface area (Å²) < 4.78 is 6.09. The zero-order valence-electron chi connectivity index (χ0n) is 16.0. The SMILES string of the molecule is CC=C1CN2CC[C@H]1C[C@H]2[C@H](O)c1ccnc2ccc(OC3CCC3)cc12. The van der Waals surface area contributed by atoms with Gasteiger partial charge in [-0.15, -0.1) is 0 Å². The summed E-state index contributed by atoms with van der Waals surface area (Å²) in [6.07, 6.45) is 9.77. The smallest absolute Gasteiger partial charge is 0.120 e. The molecule has 1 N–H and O–H groups in total. The summed E-state index contributed by atoms with van der Waals surface area (Å²) in [6, 6.07) is 8.28. The molecule has 4 fully saturated rings. The van der Waals surface area contributed by atoms with Crippen molar-refractivity contribution >= 4 is 10.9 Å². The van der Waals surface area contributed by atoms with Crippen molar-refractivity contribution in [3.63, 3.8) is 0 Å². The van der Waals surface area contributed by atoms with E-state index in [1.165, 1.54) is 12.8 Å². The summed E-state index contributed by atoms with van der Waals surface area (Å²) in [5.74, 6) is 1.53. The van der Waals surface area contributed by atoms with Gasteiger partial charge in [-0.1, -0.05) is 11.6 Å². The third-order valence-electron chi connectivity index (χ3n) is 6.83. The van der Waals surface area contributed by atoms with Gasteiger partial charge in [-0.2, -0.15) is 0 Å². The maximum Gasteiger partial charge on any atom is 0.120 e. The average molecular weight is 364 g/mol. The van der Waals surface area contributed by atoms with Gasteiger partial charge < -0.3 is 9.84 Å². The van der Waals surface area contributed by atoms with E-state index >= 15 is 0 Å². The average Bonchev–Trinajstić information content (AvgIpc) is 2.69. The highest BCUT2D eigenvalue weighted by Gasteiger charge is 2.40. The fraction of sp³-hybridized carbons (Fsp3) is 0.522. The summed E-state index contributed by atoms with van der Waals surface area (Å²) in [4.78, 5) is 6.97. The fourth-order valence-corrected chi connectivity index (χ4v) is 4.96. The minimum Gasteiger partial charge on any atom is -0.490 e. The lowest BCUT2D eigenvalue weighted by atomic mass is 9.76. The van der Waals surface area contributed by atoms with Crippen LogP contribution >= 0.6 is 0 Å². The van der Waals surface area contributed by atoms with Gasteiger partial charge in [0.1, 0.15) is 5.75 Å². The van der Waals surface area contributed by atoms with Gasteiger partial charge in [0.05, 0.1) is 17.7 Å². The molecule has 4 heteroatoms. The number of aliphatic hydroxyl groups excluding tert-OH is 1. The van der Waals surface area contributed by atoms with Crippen LogP contribution in [0.25, 0.3) is 10.9 Å². The van der Waals surface area contributed by atoms with E-state index in [-0.39, 0.29) is 6.04 Å². The molecule has 27 heavy (non-hydrogen) atoms. The van der Waals surface area contributed by atoms with Gasteiger partial charge in [0.25, 0.3) is 0 Å². The van der Waals surface area contributed by atoms with E-state index in [1.54, 1.807) is 5.57 Å². The topological polar surface area (TPSA) is 45.6 Å². The molecule has 0 radical (unpaired) electrons. The van der Waals surface area contributed by atoms with Crippen molar-refractivity contribution in [1.29, 1.82) is 0 Å². The number of benzene rings is 1. The summed E-state index contributed by atoms with van der Waals surface area (Å²) in [5.41, 5.74) is 3.46. The Morgan fingerprint density at radius 1 is 1.26 bits per heavy atom. The highest BCUT2D eigenvalue weighted by Crippen LogP contribution is 2.41. The van der Waals surface area contributed by atoms with Gasteiger partial charge >= 0.3 is 0 Å². The Labute approximate surface area is 160 Å². The van der Waals surface area contributed by atoms with Crippen LogP contribution in [0.2, 0.25) is 0 Å². The maximum absolute atomic E-state index is 11.3. The first-order valence-electron chi connectivity index (χ1n) is 10.4. The molecule has 6 rings (SSSR count). The Hall–Kier alpha value is -1.91. The molecule has 3 saturated heterocycles. The Kier molecular flexibility index (Phi) is 4.41. The molecular weight excluding hydrogens is 336 g/mol. The maximum atomic E-state index is 11.3. The Morgan fingerprint density at radius 3 is 2.85 bits per heavy atom. The second-order valence-electron chi connectivity index (χ2n) is 8.32. The second kappa shape index (κ2) is 6.92. The molecular formula is C23H28N2O2. The lowest BCUT2D eigenvalue weighted by Gasteiger charge is -2.48. The first kappa shape index (κ1) is 17.2. The van der Waals surface area contributed by atoms with Crippen LogP contribution in [0.4, 0.5) is 0 Å². The number of hydrogen-bond donors (Lipinski definition) is 1. The third-order valence-corrected chi connectivity index (χ3v) is 6.83. The van der Waals surface area contributed by atoms with Crippen molar-refractivity contribution in [3.05, 3.63) is 47.7 Å². The monoisotopic (exact) mass is 364 g/mol. The van der Waals surface area contributed by atoms with Crippen LogP contribution in [-0.2, 0) is 0 Å². The molecule has 1 aromatic carbocycles. The molecule has 1 aromatic heterocycles. The minimum absolute atomic E-state index is 0.189. The summed E-state index contributed by atoms with van der Waals surface area (Å²) in [6.45, 7) is 4.23. The quantitative estimate of drug-likeness (QED) is 0.824. The van der Waals surface area contributed by atoms with Crippen LogP contribution in [0, 0.1) is 5.92 Å². The number of rotatable bonds is 4. The first-order chi connectivity index (χ1) is 13.2. The largest absolute Gasteiger partial charge is 0.490 e. The van der Waals surface area contributed by atoms with Crippen molar-refractivity contribution in [2.24, 2.45) is 5.92 Å². The zero-order chi connectivity index (χ0) is 18.4. The van der Waals surface area contributed by atoms with Gasteiger partial charge in [-0.05, 0) is 81.3 Å². The molecule has 1 unspecified atom stereocenters. The van der Waals surface area contributed by atoms with Crippen LogP contribution in [0.15, 0.2) is 42.1 Å². The number of nitrogens with zero attached hydrogens (tertiary/aromatic N) is 2. The molecule has 2 bridgehead atoms. The number of pyridine rings is 1. The van der Waals surface area contributed by atoms with Crippen LogP contribution in [0.1, 0.15) is 50.7 Å². The molecule has 4 heterocycles. The zero-order valence-corrected chi connectivity index (χ0v) is 16.0. The van der Waals surface area contributed by atoms with Crippen molar-refractivity contribution < 1.29 is 9.84 Å². The van der Waals surface area contributed by atoms with Crippen molar-refractivity contribution in [1.82, 2.24) is 9.88 Å². The van der Waals surface area contributed by atoms with Gasteiger partial charge in [0.15, 0.2) is 0 Å². The Bertz CT molecular complexity index is 874. The molecule has 1 aliphatic carbocycles. The van der Waals surface area contributed by atoms with Gasteiger partial charge in [0.2, 0.25) is 0 Å². The van der Waals surface area contributed by atoms with E-state index in [0.717, 1.165) is 54.6 Å². The second-order valence-corrected chi connectivity index (χ2v) is 8.32. The van der Waals surface area contributed by atoms with E-state index in [1.807, 2.05) is 24.4 Å². The molecule has 3 aliphatic heterocycles. The van der Waals surface area contributed by atoms with Crippen LogP contribution in [0.5, 0.6) is 5.75 Å². The van der Waals surface area contributed by atoms with Crippen LogP contribution in [-0.4, -0.2) is 40.2 Å². The molecule has 0 amide bonds. The van der Waals surface area contributed by atoms with E-state index in [4.69, 9.17) is 4.74 Å². The van der Waals surface area contributed by atoms with Crippen LogP contribution < -0.4 is 4.74 Å². The fourth-order valence-electron chi connectivity index (χ4n) is 4.96. The number of aliphatic hydroxyl groups is 1. The van der Waals surface area contributed by atoms with E-state index in [0.29, 0.717) is 12.0 Å². The molecule has 4 nitrogen and oxygen atoms in total. The van der Waals surface area contributed by atoms with Gasteiger partial charge in [0, 0.05) is 24.2 Å². The summed E-state index contributed by atoms with van der Waals surface area (Å²) >= 11 is 0. The number of allylic oxidation sites excluding steroid dienone is 1. The van der Waals surface area contributed by atoms with Gasteiger partial charge in [-0.25, -0.2) is 0 Å². The predicted molar refractivity (Wildman–Crippen MR) is 107 cm³/mol. The Morgan fingerprint density at radius 2 is 2.15 bits per heavy atom. The molecule has 2 aromatic rings.